The molecule has 2 heteroatoms. The number of rotatable bonds is 4. The van der Waals surface area contributed by atoms with Crippen LogP contribution in [0, 0.1) is 0 Å². The smallest absolute Gasteiger partial charge is 0.0612 e. The molecule has 2 N–H and O–H groups in total. The predicted molar refractivity (Wildman–Crippen MR) is 32.5 cm³/mol. The van der Waals surface area contributed by atoms with Crippen molar-refractivity contribution < 1.29 is 10.2 Å². The molecule has 0 bridgehead atoms. The van der Waals surface area contributed by atoms with Crippen LogP contribution in [0.1, 0.15) is 12.8 Å². The van der Waals surface area contributed by atoms with Crippen molar-refractivity contribution in [3.8, 4) is 0 Å². The molecule has 0 aliphatic carbocycles. The van der Waals surface area contributed by atoms with Gasteiger partial charge in [-0.05, 0) is 12.8 Å². The van der Waals surface area contributed by atoms with Gasteiger partial charge in [0, 0.05) is 6.61 Å². The molecule has 0 aromatic rings. The average Bonchev–Trinajstić information content (AvgIpc) is 1.81. The first-order chi connectivity index (χ1) is 3.91. The minimum Gasteiger partial charge on any atom is -0.396 e. The van der Waals surface area contributed by atoms with E-state index < -0.39 is 0 Å². The van der Waals surface area contributed by atoms with E-state index in [1.165, 1.54) is 0 Å². The normalized spacial score (nSPS) is 10.8. The lowest BCUT2D eigenvalue weighted by molar-refractivity contribution is 0.289. The highest BCUT2D eigenvalue weighted by Crippen LogP contribution is 1.87. The molecule has 0 radical (unpaired) electrons. The Labute approximate surface area is 49.5 Å². The van der Waals surface area contributed by atoms with Crippen molar-refractivity contribution in [1.82, 2.24) is 0 Å². The van der Waals surface area contributed by atoms with E-state index in [1.54, 1.807) is 6.08 Å². The van der Waals surface area contributed by atoms with Crippen molar-refractivity contribution in [2.45, 2.75) is 12.8 Å². The van der Waals surface area contributed by atoms with Gasteiger partial charge in [0.2, 0.25) is 0 Å². The molecular weight excluding hydrogens is 104 g/mol. The molecule has 0 unspecified atom stereocenters. The standard InChI is InChI=1S/C6H12O2/c7-5-3-1-2-4-6-8/h1,3,7-8H,2,4-6H2/b3-1+. The molecule has 0 aliphatic heterocycles. The first kappa shape index (κ1) is 7.66. The zero-order valence-corrected chi connectivity index (χ0v) is 4.88. The summed E-state index contributed by atoms with van der Waals surface area (Å²) in [6, 6.07) is 0. The molecule has 0 atom stereocenters. The Morgan fingerprint density at radius 2 is 1.88 bits per heavy atom. The molecule has 0 heterocycles. The maximum atomic E-state index is 8.27. The Morgan fingerprint density at radius 1 is 1.12 bits per heavy atom. The number of hydrogen-bond acceptors (Lipinski definition) is 2. The maximum absolute atomic E-state index is 8.27. The second-order valence-electron chi connectivity index (χ2n) is 1.52. The highest BCUT2D eigenvalue weighted by Gasteiger charge is 1.75. The summed E-state index contributed by atoms with van der Waals surface area (Å²) in [6.07, 6.45) is 5.18. The van der Waals surface area contributed by atoms with Gasteiger partial charge in [-0.2, -0.15) is 0 Å². The molecule has 0 amide bonds. The van der Waals surface area contributed by atoms with E-state index in [9.17, 15) is 0 Å². The summed E-state index contributed by atoms with van der Waals surface area (Å²) in [5, 5.41) is 16.5. The molecule has 0 saturated heterocycles. The van der Waals surface area contributed by atoms with Crippen LogP contribution in [-0.2, 0) is 0 Å². The van der Waals surface area contributed by atoms with Crippen LogP contribution in [0.5, 0.6) is 0 Å². The van der Waals surface area contributed by atoms with Gasteiger partial charge in [-0.25, -0.2) is 0 Å². The van der Waals surface area contributed by atoms with Crippen LogP contribution < -0.4 is 0 Å². The van der Waals surface area contributed by atoms with Crippen LogP contribution in [-0.4, -0.2) is 23.4 Å². The van der Waals surface area contributed by atoms with Gasteiger partial charge in [-0.1, -0.05) is 12.2 Å². The fourth-order valence-corrected chi connectivity index (χ4v) is 0.402. The number of aliphatic hydroxyl groups is 2. The van der Waals surface area contributed by atoms with E-state index in [2.05, 4.69) is 0 Å². The highest BCUT2D eigenvalue weighted by molar-refractivity contribution is 4.79. The van der Waals surface area contributed by atoms with Gasteiger partial charge in [0.15, 0.2) is 0 Å². The molecule has 48 valence electrons. The molecule has 8 heavy (non-hydrogen) atoms. The van der Waals surface area contributed by atoms with Crippen LogP contribution in [0.25, 0.3) is 0 Å². The summed E-state index contributed by atoms with van der Waals surface area (Å²) < 4.78 is 0. The second kappa shape index (κ2) is 6.66. The fraction of sp³-hybridized carbons (Fsp3) is 0.667. The van der Waals surface area contributed by atoms with E-state index in [-0.39, 0.29) is 13.2 Å². The van der Waals surface area contributed by atoms with E-state index in [4.69, 9.17) is 10.2 Å². The Bertz CT molecular complexity index is 59.5. The molecule has 2 nitrogen and oxygen atoms in total. The summed E-state index contributed by atoms with van der Waals surface area (Å²) in [5.74, 6) is 0. The fourth-order valence-electron chi connectivity index (χ4n) is 0.402. The topological polar surface area (TPSA) is 40.5 Å². The summed E-state index contributed by atoms with van der Waals surface area (Å²) in [6.45, 7) is 0.335. The first-order valence-corrected chi connectivity index (χ1v) is 2.78. The average molecular weight is 116 g/mol. The molecule has 0 saturated carbocycles. The van der Waals surface area contributed by atoms with E-state index in [0.29, 0.717) is 0 Å². The lowest BCUT2D eigenvalue weighted by Crippen LogP contribution is -1.79. The summed E-state index contributed by atoms with van der Waals surface area (Å²) in [7, 11) is 0. The van der Waals surface area contributed by atoms with Crippen molar-refractivity contribution in [1.29, 1.82) is 0 Å². The quantitative estimate of drug-likeness (QED) is 0.410. The van der Waals surface area contributed by atoms with Crippen molar-refractivity contribution >= 4 is 0 Å². The van der Waals surface area contributed by atoms with Gasteiger partial charge in [0.25, 0.3) is 0 Å². The summed E-state index contributed by atoms with van der Waals surface area (Å²) in [4.78, 5) is 0. The number of hydrogen-bond donors (Lipinski definition) is 2. The minimum atomic E-state index is 0.103. The van der Waals surface area contributed by atoms with Gasteiger partial charge < -0.3 is 10.2 Å². The number of aliphatic hydroxyl groups excluding tert-OH is 2. The molecule has 0 rings (SSSR count). The van der Waals surface area contributed by atoms with Crippen molar-refractivity contribution in [3.05, 3.63) is 12.2 Å². The first-order valence-electron chi connectivity index (χ1n) is 2.78. The zero-order chi connectivity index (χ0) is 6.24. The predicted octanol–water partition coefficient (Wildman–Crippen LogP) is 0.307. The monoisotopic (exact) mass is 116 g/mol. The van der Waals surface area contributed by atoms with Crippen molar-refractivity contribution in [2.24, 2.45) is 0 Å². The third-order valence-electron chi connectivity index (χ3n) is 0.801. The van der Waals surface area contributed by atoms with Gasteiger partial charge in [-0.3, -0.25) is 0 Å². The SMILES string of the molecule is OC/C=C/CCCO. The molecular formula is C6H12O2. The Balaban J connectivity index is 2.80. The van der Waals surface area contributed by atoms with Gasteiger partial charge >= 0.3 is 0 Å². The zero-order valence-electron chi connectivity index (χ0n) is 4.88. The van der Waals surface area contributed by atoms with E-state index in [0.717, 1.165) is 12.8 Å². The third-order valence-corrected chi connectivity index (χ3v) is 0.801. The van der Waals surface area contributed by atoms with Gasteiger partial charge in [-0.15, -0.1) is 0 Å². The van der Waals surface area contributed by atoms with Crippen molar-refractivity contribution in [3.63, 3.8) is 0 Å². The van der Waals surface area contributed by atoms with Crippen molar-refractivity contribution in [2.75, 3.05) is 13.2 Å². The van der Waals surface area contributed by atoms with Crippen LogP contribution in [0.2, 0.25) is 0 Å². The summed E-state index contributed by atoms with van der Waals surface area (Å²) >= 11 is 0. The van der Waals surface area contributed by atoms with Crippen LogP contribution in [0.3, 0.4) is 0 Å². The largest absolute Gasteiger partial charge is 0.396 e. The lowest BCUT2D eigenvalue weighted by atomic mass is 10.3. The van der Waals surface area contributed by atoms with Gasteiger partial charge in [0.05, 0.1) is 6.61 Å². The molecule has 0 aromatic heterocycles. The maximum Gasteiger partial charge on any atom is 0.0612 e. The molecule has 0 spiro atoms. The second-order valence-corrected chi connectivity index (χ2v) is 1.52. The number of unbranched alkanes of at least 4 members (excludes halogenated alkanes) is 1. The lowest BCUT2D eigenvalue weighted by Gasteiger charge is -1.85. The molecule has 0 aliphatic rings. The Hall–Kier alpha value is -0.340. The molecule has 0 aromatic carbocycles. The van der Waals surface area contributed by atoms with Crippen LogP contribution >= 0.6 is 0 Å². The third kappa shape index (κ3) is 5.66. The van der Waals surface area contributed by atoms with Crippen LogP contribution in [0.4, 0.5) is 0 Å². The Morgan fingerprint density at radius 3 is 2.38 bits per heavy atom. The summed E-state index contributed by atoms with van der Waals surface area (Å²) in [5.41, 5.74) is 0. The minimum absolute atomic E-state index is 0.103. The van der Waals surface area contributed by atoms with E-state index in [1.807, 2.05) is 6.08 Å². The highest BCUT2D eigenvalue weighted by atomic mass is 16.3. The van der Waals surface area contributed by atoms with E-state index >= 15 is 0 Å². The number of allylic oxidation sites excluding steroid dienone is 1. The van der Waals surface area contributed by atoms with Gasteiger partial charge in [0.1, 0.15) is 0 Å². The molecule has 0 fully saturated rings. The Kier molecular flexibility index (Phi) is 6.38. The van der Waals surface area contributed by atoms with Crippen LogP contribution in [0.15, 0.2) is 12.2 Å².